The number of hydrogen-bond donors (Lipinski definition) is 0. The first-order valence-corrected chi connectivity index (χ1v) is 6.15. The third kappa shape index (κ3) is 1.67. The number of fused-ring (bicyclic) bond motifs is 1. The highest BCUT2D eigenvalue weighted by Gasteiger charge is 2.19. The SMILES string of the molecule is C[B]c1ccc2c(c1)SC(I)C2. The van der Waals surface area contributed by atoms with Crippen LogP contribution in [-0.4, -0.2) is 10.5 Å². The fraction of sp³-hybridized carbons (Fsp3) is 0.333. The molecule has 0 fully saturated rings. The zero-order valence-corrected chi connectivity index (χ0v) is 9.85. The third-order valence-electron chi connectivity index (χ3n) is 2.06. The van der Waals surface area contributed by atoms with E-state index in [2.05, 4.69) is 54.9 Å². The molecule has 0 bridgehead atoms. The van der Waals surface area contributed by atoms with E-state index in [0.29, 0.717) is 0 Å². The molecule has 0 saturated carbocycles. The van der Waals surface area contributed by atoms with Crippen LogP contribution in [0.5, 0.6) is 0 Å². The molecule has 1 aliphatic heterocycles. The number of alkyl halides is 1. The molecule has 1 heterocycles. The summed E-state index contributed by atoms with van der Waals surface area (Å²) in [7, 11) is 2.15. The van der Waals surface area contributed by atoms with Crippen molar-refractivity contribution in [1.82, 2.24) is 0 Å². The lowest BCUT2D eigenvalue weighted by Gasteiger charge is -1.99. The summed E-state index contributed by atoms with van der Waals surface area (Å²) < 4.78 is 0.740. The predicted octanol–water partition coefficient (Wildman–Crippen LogP) is 2.47. The van der Waals surface area contributed by atoms with E-state index in [0.717, 1.165) is 3.26 Å². The van der Waals surface area contributed by atoms with Crippen LogP contribution in [0.1, 0.15) is 5.56 Å². The molecule has 0 nitrogen and oxygen atoms in total. The summed E-state index contributed by atoms with van der Waals surface area (Å²) in [4.78, 5) is 1.48. The summed E-state index contributed by atoms with van der Waals surface area (Å²) in [5.41, 5.74) is 2.86. The molecule has 1 atom stereocenters. The minimum atomic E-state index is 0.740. The zero-order chi connectivity index (χ0) is 8.55. The number of halogens is 1. The number of hydrogen-bond acceptors (Lipinski definition) is 1. The average Bonchev–Trinajstić information content (AvgIpc) is 2.43. The van der Waals surface area contributed by atoms with Gasteiger partial charge in [-0.2, -0.15) is 0 Å². The van der Waals surface area contributed by atoms with Gasteiger partial charge in [0.25, 0.3) is 0 Å². The van der Waals surface area contributed by atoms with Gasteiger partial charge in [0.2, 0.25) is 0 Å². The lowest BCUT2D eigenvalue weighted by atomic mass is 9.73. The van der Waals surface area contributed by atoms with E-state index in [4.69, 9.17) is 0 Å². The highest BCUT2D eigenvalue weighted by molar-refractivity contribution is 14.1. The second-order valence-corrected chi connectivity index (χ2v) is 6.48. The Hall–Kier alpha value is 0.365. The monoisotopic (exact) mass is 287 g/mol. The van der Waals surface area contributed by atoms with Crippen LogP contribution in [-0.2, 0) is 6.42 Å². The summed E-state index contributed by atoms with van der Waals surface area (Å²) in [6.07, 6.45) is 1.23. The molecule has 3 heteroatoms. The van der Waals surface area contributed by atoms with Crippen LogP contribution < -0.4 is 5.46 Å². The zero-order valence-electron chi connectivity index (χ0n) is 6.88. The van der Waals surface area contributed by atoms with Crippen LogP contribution in [0.25, 0.3) is 0 Å². The van der Waals surface area contributed by atoms with E-state index in [9.17, 15) is 0 Å². The van der Waals surface area contributed by atoms with Gasteiger partial charge in [-0.3, -0.25) is 0 Å². The third-order valence-corrected chi connectivity index (χ3v) is 4.32. The Kier molecular flexibility index (Phi) is 2.70. The Morgan fingerprint density at radius 2 is 2.42 bits per heavy atom. The Balaban J connectivity index is 2.35. The number of benzene rings is 1. The molecule has 0 amide bonds. The van der Waals surface area contributed by atoms with Gasteiger partial charge in [0.05, 0.1) is 3.26 Å². The fourth-order valence-electron chi connectivity index (χ4n) is 1.38. The first-order chi connectivity index (χ1) is 5.79. The van der Waals surface area contributed by atoms with Crippen molar-refractivity contribution in [1.29, 1.82) is 0 Å². The van der Waals surface area contributed by atoms with E-state index >= 15 is 0 Å². The molecule has 0 saturated heterocycles. The van der Waals surface area contributed by atoms with Gasteiger partial charge in [0.1, 0.15) is 7.28 Å². The van der Waals surface area contributed by atoms with Gasteiger partial charge in [0.15, 0.2) is 0 Å². The smallest absolute Gasteiger partial charge is 0.111 e. The molecule has 0 spiro atoms. The molecule has 1 aromatic carbocycles. The molecule has 0 aliphatic carbocycles. The maximum Gasteiger partial charge on any atom is 0.148 e. The second kappa shape index (κ2) is 3.62. The Morgan fingerprint density at radius 3 is 3.17 bits per heavy atom. The first kappa shape index (κ1) is 8.94. The number of rotatable bonds is 1. The standard InChI is InChI=1S/C9H9BIS/c1-10-7-3-2-6-4-9(11)12-8(6)5-7/h2-3,5,9H,4H2,1H3. The van der Waals surface area contributed by atoms with E-state index in [1.807, 2.05) is 11.8 Å². The minimum absolute atomic E-state index is 0.740. The Bertz CT molecular complexity index is 301. The summed E-state index contributed by atoms with van der Waals surface area (Å²) >= 11 is 4.49. The van der Waals surface area contributed by atoms with Crippen LogP contribution in [0.4, 0.5) is 0 Å². The summed E-state index contributed by atoms with van der Waals surface area (Å²) in [5.74, 6) is 0. The van der Waals surface area contributed by atoms with Gasteiger partial charge in [-0.1, -0.05) is 53.1 Å². The molecular formula is C9H9BIS. The topological polar surface area (TPSA) is 0 Å². The minimum Gasteiger partial charge on any atom is -0.111 e. The molecule has 1 unspecified atom stereocenters. The quantitative estimate of drug-likeness (QED) is 0.434. The molecule has 1 radical (unpaired) electrons. The molecule has 1 aromatic rings. The van der Waals surface area contributed by atoms with Crippen molar-refractivity contribution in [2.24, 2.45) is 0 Å². The summed E-state index contributed by atoms with van der Waals surface area (Å²) in [6.45, 7) is 2.09. The van der Waals surface area contributed by atoms with Crippen molar-refractivity contribution in [3.63, 3.8) is 0 Å². The van der Waals surface area contributed by atoms with Crippen LogP contribution in [0.2, 0.25) is 6.82 Å². The maximum atomic E-state index is 2.50. The molecule has 0 aromatic heterocycles. The predicted molar refractivity (Wildman–Crippen MR) is 65.1 cm³/mol. The number of thioether (sulfide) groups is 1. The Morgan fingerprint density at radius 1 is 1.58 bits per heavy atom. The van der Waals surface area contributed by atoms with Gasteiger partial charge in [-0.15, -0.1) is 11.8 Å². The molecule has 2 rings (SSSR count). The maximum absolute atomic E-state index is 2.50. The van der Waals surface area contributed by atoms with Crippen LogP contribution in [0, 0.1) is 0 Å². The van der Waals surface area contributed by atoms with Crippen molar-refractivity contribution in [3.05, 3.63) is 23.8 Å². The van der Waals surface area contributed by atoms with Crippen molar-refractivity contribution in [2.45, 2.75) is 21.4 Å². The fourth-order valence-corrected chi connectivity index (χ4v) is 3.72. The largest absolute Gasteiger partial charge is 0.148 e. The van der Waals surface area contributed by atoms with Crippen LogP contribution in [0.15, 0.2) is 23.1 Å². The molecule has 61 valence electrons. The highest BCUT2D eigenvalue weighted by Crippen LogP contribution is 2.39. The average molecular weight is 287 g/mol. The van der Waals surface area contributed by atoms with Crippen molar-refractivity contribution < 1.29 is 0 Å². The van der Waals surface area contributed by atoms with Crippen molar-refractivity contribution in [2.75, 3.05) is 0 Å². The molecule has 0 N–H and O–H groups in total. The van der Waals surface area contributed by atoms with Crippen molar-refractivity contribution in [3.8, 4) is 0 Å². The van der Waals surface area contributed by atoms with E-state index in [1.54, 1.807) is 0 Å². The van der Waals surface area contributed by atoms with Gasteiger partial charge in [0, 0.05) is 4.90 Å². The summed E-state index contributed by atoms with van der Waals surface area (Å²) in [5, 5.41) is 0. The first-order valence-electron chi connectivity index (χ1n) is 4.02. The van der Waals surface area contributed by atoms with Crippen LogP contribution in [0.3, 0.4) is 0 Å². The van der Waals surface area contributed by atoms with Gasteiger partial charge < -0.3 is 0 Å². The van der Waals surface area contributed by atoms with E-state index < -0.39 is 0 Å². The normalized spacial score (nSPS) is 20.7. The van der Waals surface area contributed by atoms with E-state index in [-0.39, 0.29) is 0 Å². The second-order valence-electron chi connectivity index (χ2n) is 2.89. The van der Waals surface area contributed by atoms with Crippen LogP contribution >= 0.6 is 34.4 Å². The van der Waals surface area contributed by atoms with Gasteiger partial charge >= 0.3 is 0 Å². The van der Waals surface area contributed by atoms with E-state index in [1.165, 1.54) is 22.3 Å². The van der Waals surface area contributed by atoms with Gasteiger partial charge in [-0.25, -0.2) is 0 Å². The van der Waals surface area contributed by atoms with Crippen molar-refractivity contribution >= 4 is 47.1 Å². The lowest BCUT2D eigenvalue weighted by molar-refractivity contribution is 1.13. The molecule has 1 aliphatic rings. The molecular weight excluding hydrogens is 278 g/mol. The highest BCUT2D eigenvalue weighted by atomic mass is 127. The molecule has 12 heavy (non-hydrogen) atoms. The lowest BCUT2D eigenvalue weighted by Crippen LogP contribution is -2.09. The van der Waals surface area contributed by atoms with Gasteiger partial charge in [-0.05, 0) is 12.0 Å². The Labute approximate surface area is 91.9 Å². The summed E-state index contributed by atoms with van der Waals surface area (Å²) in [6, 6.07) is 6.75.